The SMILES string of the molecule is C=C[C@H](C)C(O[Si](C)(C)C(C)(C)C)C(C)C(=O)C(C)(C)[C@@H](C)CC(=O)O.C=C[C@H](C)C(O[Si](C)(C)C(C)(C)C)C(C)C(=O)C(C)(C)[C@@H](O)CC(=O)O.C=C[C@H](C)[C@@H](O[Si](C)(C)C(C)(C)C)C(C)C(=O)C(C)(C)[C@@H](CC(=O)O)O[Si](C)(C)C(C)(C)C. The second kappa shape index (κ2) is 32.4. The Balaban J connectivity index is -0.00000120. The number of carboxylic acid groups (broad SMARTS) is 3. The van der Waals surface area contributed by atoms with Crippen LogP contribution in [0.2, 0.25) is 72.5 Å². The van der Waals surface area contributed by atoms with E-state index < -0.39 is 97.9 Å². The van der Waals surface area contributed by atoms with Gasteiger partial charge < -0.3 is 38.1 Å². The van der Waals surface area contributed by atoms with Crippen LogP contribution >= 0.6 is 0 Å². The van der Waals surface area contributed by atoms with Crippen LogP contribution in [-0.4, -0.2) is 119 Å². The number of ketones is 3. The van der Waals surface area contributed by atoms with Crippen molar-refractivity contribution < 1.29 is 66.9 Å². The highest BCUT2D eigenvalue weighted by Crippen LogP contribution is 2.46. The number of carbonyl (C=O) groups is 6. The third kappa shape index (κ3) is 24.9. The van der Waals surface area contributed by atoms with Gasteiger partial charge in [0.25, 0.3) is 0 Å². The number of aliphatic hydroxyl groups is 1. The second-order valence-electron chi connectivity index (χ2n) is 32.5. The molecule has 85 heavy (non-hydrogen) atoms. The topological polar surface area (TPSA) is 220 Å². The lowest BCUT2D eigenvalue weighted by molar-refractivity contribution is -0.148. The van der Waals surface area contributed by atoms with Gasteiger partial charge in [0.15, 0.2) is 33.3 Å². The Morgan fingerprint density at radius 3 is 0.824 bits per heavy atom. The molecule has 0 saturated heterocycles. The van der Waals surface area contributed by atoms with E-state index in [1.54, 1.807) is 26.8 Å². The molecule has 0 bridgehead atoms. The molecule has 4 N–H and O–H groups in total. The Hall–Kier alpha value is -2.69. The highest BCUT2D eigenvalue weighted by molar-refractivity contribution is 6.75. The summed E-state index contributed by atoms with van der Waals surface area (Å²) in [5, 5.41) is 37.9. The number of aliphatic hydroxyl groups excluding tert-OH is 1. The van der Waals surface area contributed by atoms with Crippen molar-refractivity contribution in [3.63, 3.8) is 0 Å². The lowest BCUT2D eigenvalue weighted by atomic mass is 9.69. The van der Waals surface area contributed by atoms with Crippen LogP contribution in [0.15, 0.2) is 38.0 Å². The van der Waals surface area contributed by atoms with Crippen LogP contribution in [0.1, 0.15) is 192 Å². The Bertz CT molecular complexity index is 2130. The number of aliphatic carboxylic acids is 3. The number of carboxylic acids is 3. The maximum absolute atomic E-state index is 14.0. The molecule has 0 amide bonds. The number of carbonyl (C=O) groups excluding carboxylic acids is 3. The maximum Gasteiger partial charge on any atom is 0.306 e. The molecule has 0 aromatic carbocycles. The minimum absolute atomic E-state index is 0.00170. The lowest BCUT2D eigenvalue weighted by Crippen LogP contribution is -2.54. The van der Waals surface area contributed by atoms with Gasteiger partial charge >= 0.3 is 17.9 Å². The molecule has 0 heterocycles. The first-order valence-corrected chi connectivity index (χ1v) is 42.6. The van der Waals surface area contributed by atoms with Crippen LogP contribution in [0.4, 0.5) is 0 Å². The van der Waals surface area contributed by atoms with Crippen LogP contribution in [0.25, 0.3) is 0 Å². The number of hydrogen-bond donors (Lipinski definition) is 4. The van der Waals surface area contributed by atoms with E-state index in [1.165, 1.54) is 0 Å². The lowest BCUT2D eigenvalue weighted by Gasteiger charge is -2.46. The molecule has 12 atom stereocenters. The molecule has 498 valence electrons. The van der Waals surface area contributed by atoms with Crippen LogP contribution in [0.3, 0.4) is 0 Å². The van der Waals surface area contributed by atoms with E-state index >= 15 is 0 Å². The zero-order chi connectivity index (χ0) is 69.0. The van der Waals surface area contributed by atoms with E-state index in [9.17, 15) is 39.0 Å². The Labute approximate surface area is 523 Å². The predicted molar refractivity (Wildman–Crippen MR) is 362 cm³/mol. The van der Waals surface area contributed by atoms with Crippen molar-refractivity contribution in [2.45, 2.75) is 295 Å². The van der Waals surface area contributed by atoms with Crippen LogP contribution in [-0.2, 0) is 46.5 Å². The summed E-state index contributed by atoms with van der Waals surface area (Å²) in [7, 11) is -8.64. The Kier molecular flexibility index (Phi) is 32.9. The Morgan fingerprint density at radius 2 is 0.600 bits per heavy atom. The zero-order valence-electron chi connectivity index (χ0n) is 60.3. The number of hydrogen-bond acceptors (Lipinski definition) is 11. The molecule has 0 aromatic heterocycles. The smallest absolute Gasteiger partial charge is 0.306 e. The van der Waals surface area contributed by atoms with E-state index in [0.29, 0.717) is 0 Å². The first-order chi connectivity index (χ1) is 37.4. The van der Waals surface area contributed by atoms with Crippen LogP contribution in [0, 0.1) is 57.7 Å². The van der Waals surface area contributed by atoms with Gasteiger partial charge in [-0.1, -0.05) is 191 Å². The highest BCUT2D eigenvalue weighted by atomic mass is 28.4. The summed E-state index contributed by atoms with van der Waals surface area (Å²) >= 11 is 0. The van der Waals surface area contributed by atoms with E-state index in [-0.39, 0.29) is 98.2 Å². The summed E-state index contributed by atoms with van der Waals surface area (Å²) in [5.74, 6) is -4.64. The fraction of sp³-hybridized carbons (Fsp3) is 0.821. The fourth-order valence-electron chi connectivity index (χ4n) is 8.79. The predicted octanol–water partition coefficient (Wildman–Crippen LogP) is 17.1. The monoisotopic (exact) mass is 1270 g/mol. The molecule has 0 aliphatic carbocycles. The van der Waals surface area contributed by atoms with E-state index in [0.717, 1.165) is 0 Å². The molecule has 0 rings (SSSR count). The molecule has 0 saturated carbocycles. The first-order valence-electron chi connectivity index (χ1n) is 30.9. The van der Waals surface area contributed by atoms with Gasteiger partial charge in [-0.25, -0.2) is 0 Å². The molecule has 0 fully saturated rings. The van der Waals surface area contributed by atoms with E-state index in [1.807, 2.05) is 81.4 Å². The molecule has 0 aliphatic heterocycles. The van der Waals surface area contributed by atoms with Gasteiger partial charge in [0.05, 0.1) is 48.8 Å². The van der Waals surface area contributed by atoms with Gasteiger partial charge in [-0.2, -0.15) is 0 Å². The molecule has 5 unspecified atom stereocenters. The average Bonchev–Trinajstić information content (AvgIpc) is 3.50. The van der Waals surface area contributed by atoms with Crippen molar-refractivity contribution >= 4 is 68.5 Å². The van der Waals surface area contributed by atoms with Crippen LogP contribution in [0.5, 0.6) is 0 Å². The normalized spacial score (nSPS) is 17.9. The largest absolute Gasteiger partial charge is 0.481 e. The summed E-state index contributed by atoms with van der Waals surface area (Å²) in [5.41, 5.74) is -2.88. The van der Waals surface area contributed by atoms with Crippen LogP contribution < -0.4 is 0 Å². The highest BCUT2D eigenvalue weighted by Gasteiger charge is 2.51. The molecule has 0 aliphatic rings. The molecule has 0 aromatic rings. The minimum Gasteiger partial charge on any atom is -0.481 e. The standard InChI is InChI=1S/C26H52O5Si2.C21H40O4Si.C20H38O5Si/c1-16-18(2)22(31-33(14,15)25(7,8)9)19(3)23(29)26(10,11)20(17-21(27)28)30-32(12,13)24(4,5)6;1-12-14(2)18(25-26(10,11)20(5,6)7)16(4)19(24)21(8,9)15(3)13-17(22)23;1-11-13(2)17(25-26(9,10)19(4,5)6)14(3)18(24)20(7,8)15(21)12-16(22)23/h16,18-20,22H,1,17H2,2-15H3,(H,27,28);12,14-16,18H,1,13H2,2-11H3,(H,22,23);11,13-15,17,21H,1,12H2,2-10H3,(H,22,23)/t18-,19?,20+,22+;14-,15-,16?,18?;13-,14?,15-,17?/m000/s1. The second-order valence-corrected chi connectivity index (χ2v) is 51.5. The third-order valence-electron chi connectivity index (χ3n) is 20.3. The zero-order valence-corrected chi connectivity index (χ0v) is 64.3. The number of Topliss-reactive ketones (excluding diaryl/α,β-unsaturated/α-hetero) is 3. The van der Waals surface area contributed by atoms with E-state index in [2.05, 4.69) is 155 Å². The molecular weight excluding hydrogens is 1140 g/mol. The quantitative estimate of drug-likeness (QED) is 0.0364. The van der Waals surface area contributed by atoms with Gasteiger partial charge in [0.2, 0.25) is 0 Å². The summed E-state index contributed by atoms with van der Waals surface area (Å²) in [4.78, 5) is 74.2. The number of rotatable bonds is 32. The maximum atomic E-state index is 14.0. The van der Waals surface area contributed by atoms with Gasteiger partial charge in [-0.15, -0.1) is 19.7 Å². The third-order valence-corrected chi connectivity index (χ3v) is 38.2. The van der Waals surface area contributed by atoms with Gasteiger partial charge in [0, 0.05) is 35.0 Å². The van der Waals surface area contributed by atoms with Crippen molar-refractivity contribution in [3.8, 4) is 0 Å². The summed E-state index contributed by atoms with van der Waals surface area (Å²) in [6.07, 6.45) is 1.88. The van der Waals surface area contributed by atoms with Gasteiger partial charge in [-0.3, -0.25) is 28.8 Å². The summed E-state index contributed by atoms with van der Waals surface area (Å²) in [6, 6.07) is 0. The van der Waals surface area contributed by atoms with Crippen molar-refractivity contribution in [2.24, 2.45) is 57.7 Å². The van der Waals surface area contributed by atoms with Crippen molar-refractivity contribution in [1.82, 2.24) is 0 Å². The van der Waals surface area contributed by atoms with E-state index in [4.69, 9.17) is 27.9 Å². The minimum atomic E-state index is -2.30. The van der Waals surface area contributed by atoms with Gasteiger partial charge in [-0.05, 0) is 96.2 Å². The summed E-state index contributed by atoms with van der Waals surface area (Å²) < 4.78 is 26.5. The molecule has 14 nitrogen and oxygen atoms in total. The fourth-order valence-corrected chi connectivity index (χ4v) is 14.6. The van der Waals surface area contributed by atoms with Crippen molar-refractivity contribution in [2.75, 3.05) is 0 Å². The molecule has 0 spiro atoms. The van der Waals surface area contributed by atoms with Crippen molar-refractivity contribution in [1.29, 1.82) is 0 Å². The molecule has 0 radical (unpaired) electrons. The molecule has 18 heteroatoms. The molecular formula is C67H130O14Si4. The summed E-state index contributed by atoms with van der Waals surface area (Å²) in [6.45, 7) is 78.8. The Morgan fingerprint density at radius 1 is 0.376 bits per heavy atom. The average molecular weight is 1270 g/mol. The van der Waals surface area contributed by atoms with Gasteiger partial charge in [0.1, 0.15) is 17.3 Å². The first kappa shape index (κ1) is 86.5. The van der Waals surface area contributed by atoms with Crippen molar-refractivity contribution in [3.05, 3.63) is 38.0 Å².